The van der Waals surface area contributed by atoms with E-state index in [9.17, 15) is 40.5 Å². The Morgan fingerprint density at radius 3 is 2.37 bits per heavy atom. The third kappa shape index (κ3) is 10.7. The number of amides is 2. The van der Waals surface area contributed by atoms with Crippen LogP contribution in [0.25, 0.3) is 0 Å². The van der Waals surface area contributed by atoms with Crippen LogP contribution in [-0.2, 0) is 42.6 Å². The number of rotatable bonds is 13. The van der Waals surface area contributed by atoms with E-state index >= 15 is 0 Å². The van der Waals surface area contributed by atoms with Gasteiger partial charge in [0, 0.05) is 11.0 Å². The normalized spacial score (nSPS) is 21.3. The first-order chi connectivity index (χ1) is 20.9. The van der Waals surface area contributed by atoms with Gasteiger partial charge in [-0.1, -0.05) is 11.8 Å². The van der Waals surface area contributed by atoms with Gasteiger partial charge in [0.05, 0.1) is 18.4 Å². The monoisotopic (exact) mass is 736 g/mol. The van der Waals surface area contributed by atoms with E-state index < -0.39 is 80.8 Å². The number of tetrazole rings is 1. The minimum Gasteiger partial charge on any atom is -0.455 e. The fourth-order valence-electron chi connectivity index (χ4n) is 4.40. The standard InChI is InChI=1S/C24H36F3N6O9PS3/c1-8-40-43(37,42-23(5,6)7)9-14(45-21-29-31-32-30-21)13-10-44-19-16(28-15(34)11-46(38,39)12-24(25,26)27)18(35)33(19)17(13)20(36)41-22(2,3)4/h14,16,19H,8-12H2,1-7H3,(H,28,34)(H,29,30,31,32)/t14?,16-,19+,43?/m1/s1. The van der Waals surface area contributed by atoms with Crippen molar-refractivity contribution >= 4 is 58.7 Å². The Morgan fingerprint density at radius 1 is 1.20 bits per heavy atom. The molecule has 2 N–H and O–H groups in total. The zero-order chi connectivity index (χ0) is 34.9. The van der Waals surface area contributed by atoms with Crippen molar-refractivity contribution in [1.82, 2.24) is 30.8 Å². The number of thioether (sulfide) groups is 2. The maximum atomic E-state index is 14.0. The molecule has 0 aromatic carbocycles. The van der Waals surface area contributed by atoms with Crippen LogP contribution >= 0.6 is 31.1 Å². The number of sulfone groups is 1. The maximum absolute atomic E-state index is 14.0. The van der Waals surface area contributed by atoms with Crippen LogP contribution in [-0.4, -0.2) is 116 Å². The molecular formula is C24H36F3N6O9PS3. The summed E-state index contributed by atoms with van der Waals surface area (Å²) in [6.45, 7) is 11.5. The number of aromatic nitrogens is 4. The molecule has 1 aromatic heterocycles. The van der Waals surface area contributed by atoms with Crippen molar-refractivity contribution in [3.05, 3.63) is 11.3 Å². The fourth-order valence-corrected chi connectivity index (χ4v) is 10.7. The smallest absolute Gasteiger partial charge is 0.402 e. The molecule has 4 atom stereocenters. The number of halogens is 3. The maximum Gasteiger partial charge on any atom is 0.402 e. The number of β-lactam (4-membered cyclic amide) rings is 1. The van der Waals surface area contributed by atoms with Gasteiger partial charge in [0.1, 0.15) is 34.2 Å². The predicted molar refractivity (Wildman–Crippen MR) is 161 cm³/mol. The molecule has 46 heavy (non-hydrogen) atoms. The first-order valence-electron chi connectivity index (χ1n) is 13.7. The molecule has 2 aliphatic rings. The molecule has 260 valence electrons. The van der Waals surface area contributed by atoms with Crippen molar-refractivity contribution in [3.63, 3.8) is 0 Å². The third-order valence-corrected chi connectivity index (χ3v) is 12.2. The number of nitrogens with one attached hydrogen (secondary N) is 2. The summed E-state index contributed by atoms with van der Waals surface area (Å²) in [6.07, 6.45) is -5.34. The van der Waals surface area contributed by atoms with Crippen LogP contribution < -0.4 is 5.32 Å². The molecule has 0 radical (unpaired) electrons. The van der Waals surface area contributed by atoms with Gasteiger partial charge in [0.25, 0.3) is 5.91 Å². The number of nitrogens with zero attached hydrogens (tertiary/aromatic N) is 4. The Bertz CT molecular complexity index is 1490. The van der Waals surface area contributed by atoms with Crippen LogP contribution in [0.5, 0.6) is 0 Å². The number of ether oxygens (including phenoxy) is 1. The Hall–Kier alpha value is -2.19. The molecule has 0 bridgehead atoms. The molecule has 3 heterocycles. The van der Waals surface area contributed by atoms with E-state index in [0.29, 0.717) is 0 Å². The number of hydrogen-bond donors (Lipinski definition) is 2. The van der Waals surface area contributed by atoms with Gasteiger partial charge in [-0.25, -0.2) is 13.2 Å². The van der Waals surface area contributed by atoms with E-state index in [0.717, 1.165) is 28.4 Å². The largest absolute Gasteiger partial charge is 0.455 e. The second kappa shape index (κ2) is 14.1. The zero-order valence-electron chi connectivity index (χ0n) is 26.0. The number of H-pyrrole nitrogens is 1. The molecule has 22 heteroatoms. The number of aromatic amines is 1. The van der Waals surface area contributed by atoms with Gasteiger partial charge in [0.15, 0.2) is 9.84 Å². The highest BCUT2D eigenvalue weighted by Gasteiger charge is 2.56. The average Bonchev–Trinajstić information content (AvgIpc) is 3.35. The molecule has 2 unspecified atom stereocenters. The summed E-state index contributed by atoms with van der Waals surface area (Å²) in [5.41, 5.74) is -1.84. The van der Waals surface area contributed by atoms with Crippen molar-refractivity contribution in [2.24, 2.45) is 0 Å². The lowest BCUT2D eigenvalue weighted by Gasteiger charge is -2.50. The van der Waals surface area contributed by atoms with Gasteiger partial charge in [-0.3, -0.25) is 19.1 Å². The van der Waals surface area contributed by atoms with Crippen molar-refractivity contribution in [2.75, 3.05) is 30.0 Å². The van der Waals surface area contributed by atoms with Crippen LogP contribution in [0.2, 0.25) is 0 Å². The quantitative estimate of drug-likeness (QED) is 0.130. The summed E-state index contributed by atoms with van der Waals surface area (Å²) < 4.78 is 92.7. The summed E-state index contributed by atoms with van der Waals surface area (Å²) in [4.78, 5) is 40.6. The molecule has 2 aliphatic heterocycles. The lowest BCUT2D eigenvalue weighted by Crippen LogP contribution is -2.71. The highest BCUT2D eigenvalue weighted by molar-refractivity contribution is 8.01. The summed E-state index contributed by atoms with van der Waals surface area (Å²) in [7, 11) is -8.74. The SMILES string of the molecule is CCOP(=O)(CC(Sc1nn[nH]n1)C1=C(C(=O)OC(C)(C)C)N2C(=O)[C@@H](NC(=O)CS(=O)(=O)CC(F)(F)F)[C@@H]2SC1)OC(C)(C)C. The van der Waals surface area contributed by atoms with Gasteiger partial charge in [-0.05, 0) is 59.3 Å². The molecule has 1 fully saturated rings. The van der Waals surface area contributed by atoms with E-state index in [4.69, 9.17) is 13.8 Å². The van der Waals surface area contributed by atoms with Crippen LogP contribution in [0.15, 0.2) is 16.4 Å². The lowest BCUT2D eigenvalue weighted by atomic mass is 10.0. The number of alkyl halides is 3. The summed E-state index contributed by atoms with van der Waals surface area (Å²) >= 11 is 2.06. The van der Waals surface area contributed by atoms with Crippen LogP contribution in [0.3, 0.4) is 0 Å². The van der Waals surface area contributed by atoms with Gasteiger partial charge in [0.2, 0.25) is 11.1 Å². The highest BCUT2D eigenvalue weighted by atomic mass is 32.2. The van der Waals surface area contributed by atoms with Crippen molar-refractivity contribution in [1.29, 1.82) is 0 Å². The van der Waals surface area contributed by atoms with Gasteiger partial charge in [-0.2, -0.15) is 18.4 Å². The van der Waals surface area contributed by atoms with Crippen molar-refractivity contribution in [3.8, 4) is 0 Å². The lowest BCUT2D eigenvalue weighted by molar-refractivity contribution is -0.159. The molecule has 3 rings (SSSR count). The minimum atomic E-state index is -5.05. The highest BCUT2D eigenvalue weighted by Crippen LogP contribution is 2.55. The first-order valence-corrected chi connectivity index (χ1v) is 19.2. The van der Waals surface area contributed by atoms with E-state index in [1.54, 1.807) is 48.5 Å². The molecule has 1 aromatic rings. The number of esters is 1. The molecule has 0 saturated carbocycles. The van der Waals surface area contributed by atoms with E-state index in [2.05, 4.69) is 25.9 Å². The number of carbonyl (C=O) groups is 3. The molecule has 1 saturated heterocycles. The van der Waals surface area contributed by atoms with Gasteiger partial charge in [-0.15, -0.1) is 22.0 Å². The summed E-state index contributed by atoms with van der Waals surface area (Å²) in [5, 5.41) is 14.2. The number of carbonyl (C=O) groups excluding carboxylic acids is 3. The van der Waals surface area contributed by atoms with E-state index in [1.165, 1.54) is 0 Å². The molecule has 15 nitrogen and oxygen atoms in total. The Labute approximate surface area is 272 Å². The zero-order valence-corrected chi connectivity index (χ0v) is 29.4. The number of hydrogen-bond acceptors (Lipinski definition) is 14. The third-order valence-electron chi connectivity index (χ3n) is 5.73. The molecular weight excluding hydrogens is 700 g/mol. The van der Waals surface area contributed by atoms with E-state index in [-0.39, 0.29) is 34.9 Å². The fraction of sp³-hybridized carbons (Fsp3) is 0.750. The van der Waals surface area contributed by atoms with E-state index in [1.807, 2.05) is 0 Å². The van der Waals surface area contributed by atoms with Crippen LogP contribution in [0.1, 0.15) is 48.5 Å². The van der Waals surface area contributed by atoms with Gasteiger partial charge >= 0.3 is 19.7 Å². The topological polar surface area (TPSA) is 200 Å². The first kappa shape index (κ1) is 38.3. The Morgan fingerprint density at radius 2 is 1.85 bits per heavy atom. The summed E-state index contributed by atoms with van der Waals surface area (Å²) in [5.74, 6) is -6.73. The number of fused-ring (bicyclic) bond motifs is 1. The van der Waals surface area contributed by atoms with Crippen molar-refractivity contribution < 1.29 is 54.3 Å². The van der Waals surface area contributed by atoms with Crippen molar-refractivity contribution in [2.45, 2.75) is 87.7 Å². The van der Waals surface area contributed by atoms with Crippen LogP contribution in [0, 0.1) is 0 Å². The van der Waals surface area contributed by atoms with Gasteiger partial charge < -0.3 is 19.1 Å². The molecule has 0 spiro atoms. The average molecular weight is 737 g/mol. The second-order valence-corrected chi connectivity index (χ2v) is 18.6. The second-order valence-electron chi connectivity index (χ2n) is 12.2. The molecule has 0 aliphatic carbocycles. The summed E-state index contributed by atoms with van der Waals surface area (Å²) in [6, 6.07) is -1.35. The minimum absolute atomic E-state index is 0.0128. The van der Waals surface area contributed by atoms with Crippen LogP contribution in [0.4, 0.5) is 13.2 Å². The Balaban J connectivity index is 2.01. The molecule has 2 amide bonds. The predicted octanol–water partition coefficient (Wildman–Crippen LogP) is 2.68. The Kier molecular flexibility index (Phi) is 11.7.